The van der Waals surface area contributed by atoms with Crippen LogP contribution in [0.25, 0.3) is 0 Å². The molecule has 7 heteroatoms. The van der Waals surface area contributed by atoms with E-state index in [-0.39, 0.29) is 36.3 Å². The van der Waals surface area contributed by atoms with Crippen molar-refractivity contribution < 1.29 is 19.1 Å². The Morgan fingerprint density at radius 2 is 1.78 bits per heavy atom. The molecule has 27 heavy (non-hydrogen) atoms. The van der Waals surface area contributed by atoms with Gasteiger partial charge in [-0.15, -0.1) is 0 Å². The molecule has 1 aromatic rings. The van der Waals surface area contributed by atoms with Gasteiger partial charge in [0.25, 0.3) is 5.91 Å². The van der Waals surface area contributed by atoms with Gasteiger partial charge in [0, 0.05) is 31.8 Å². The predicted molar refractivity (Wildman–Crippen MR) is 100 cm³/mol. The first-order chi connectivity index (χ1) is 13.1. The quantitative estimate of drug-likeness (QED) is 0.745. The maximum atomic E-state index is 12.8. The Labute approximate surface area is 159 Å². The molecule has 3 amide bonds. The van der Waals surface area contributed by atoms with Crippen molar-refractivity contribution in [1.82, 2.24) is 15.5 Å². The van der Waals surface area contributed by atoms with Gasteiger partial charge < -0.3 is 20.3 Å². The number of hydrogen-bond acceptors (Lipinski definition) is 4. The topological polar surface area (TPSA) is 87.7 Å². The van der Waals surface area contributed by atoms with Gasteiger partial charge in [-0.25, -0.2) is 0 Å². The normalized spacial score (nSPS) is 18.6. The van der Waals surface area contributed by atoms with Crippen LogP contribution in [0.3, 0.4) is 0 Å². The van der Waals surface area contributed by atoms with Gasteiger partial charge in [-0.05, 0) is 43.7 Å². The largest absolute Gasteiger partial charge is 0.375 e. The summed E-state index contributed by atoms with van der Waals surface area (Å²) in [7, 11) is 1.50. The van der Waals surface area contributed by atoms with Crippen LogP contribution >= 0.6 is 0 Å². The summed E-state index contributed by atoms with van der Waals surface area (Å²) in [6, 6.07) is 8.56. The number of carbonyl (C=O) groups excluding carboxylic acids is 3. The zero-order valence-corrected chi connectivity index (χ0v) is 15.6. The molecule has 1 aliphatic heterocycles. The second-order valence-electron chi connectivity index (χ2n) is 7.25. The maximum Gasteiger partial charge on any atom is 0.251 e. The molecule has 1 atom stereocenters. The Morgan fingerprint density at radius 3 is 2.37 bits per heavy atom. The summed E-state index contributed by atoms with van der Waals surface area (Å²) in [5.41, 5.74) is 0.537. The fraction of sp³-hybridized carbons (Fsp3) is 0.550. The van der Waals surface area contributed by atoms with E-state index in [1.807, 2.05) is 6.07 Å². The number of amides is 3. The van der Waals surface area contributed by atoms with E-state index in [1.54, 1.807) is 29.2 Å². The molecule has 2 aliphatic rings. The maximum absolute atomic E-state index is 12.8. The van der Waals surface area contributed by atoms with Gasteiger partial charge in [-0.3, -0.25) is 14.4 Å². The van der Waals surface area contributed by atoms with E-state index in [0.717, 1.165) is 12.8 Å². The molecule has 2 fully saturated rings. The van der Waals surface area contributed by atoms with Gasteiger partial charge in [-0.1, -0.05) is 18.2 Å². The lowest BCUT2D eigenvalue weighted by atomic mass is 9.88. The van der Waals surface area contributed by atoms with Crippen LogP contribution in [0.15, 0.2) is 30.3 Å². The number of nitrogens with zero attached hydrogens (tertiary/aromatic N) is 1. The summed E-state index contributed by atoms with van der Waals surface area (Å²) in [4.78, 5) is 39.1. The summed E-state index contributed by atoms with van der Waals surface area (Å²) >= 11 is 0. The number of methoxy groups -OCH3 is 1. The number of carbonyl (C=O) groups is 3. The van der Waals surface area contributed by atoms with Crippen LogP contribution in [0.2, 0.25) is 0 Å². The summed E-state index contributed by atoms with van der Waals surface area (Å²) in [6.45, 7) is 1.21. The van der Waals surface area contributed by atoms with Gasteiger partial charge in [0.05, 0.1) is 0 Å². The number of piperidine rings is 1. The molecule has 1 heterocycles. The highest BCUT2D eigenvalue weighted by atomic mass is 16.5. The molecule has 1 aromatic carbocycles. The fourth-order valence-corrected chi connectivity index (χ4v) is 3.43. The Balaban J connectivity index is 1.64. The number of ether oxygens (including phenoxy) is 1. The van der Waals surface area contributed by atoms with Crippen LogP contribution in [0.4, 0.5) is 0 Å². The summed E-state index contributed by atoms with van der Waals surface area (Å²) < 4.78 is 4.91. The van der Waals surface area contributed by atoms with E-state index in [2.05, 4.69) is 10.6 Å². The molecule has 7 nitrogen and oxygen atoms in total. The number of nitrogens with one attached hydrogen (secondary N) is 2. The standard InChI is InChI=1S/C20H27N3O4/c1-27-13-17(24)23-11-9-14(10-12-23)18(20(26)21-16-7-8-16)22-19(25)15-5-3-2-4-6-15/h2-6,14,16,18H,7-13H2,1H3,(H,21,26)(H,22,25). The molecular formula is C20H27N3O4. The highest BCUT2D eigenvalue weighted by Gasteiger charge is 2.36. The van der Waals surface area contributed by atoms with E-state index >= 15 is 0 Å². The van der Waals surface area contributed by atoms with E-state index in [1.165, 1.54) is 7.11 Å². The molecule has 2 N–H and O–H groups in total. The molecular weight excluding hydrogens is 346 g/mol. The van der Waals surface area contributed by atoms with E-state index in [9.17, 15) is 14.4 Å². The van der Waals surface area contributed by atoms with E-state index in [0.29, 0.717) is 31.5 Å². The minimum atomic E-state index is -0.585. The van der Waals surface area contributed by atoms with Crippen molar-refractivity contribution in [2.75, 3.05) is 26.8 Å². The lowest BCUT2D eigenvalue weighted by molar-refractivity contribution is -0.136. The number of likely N-dealkylation sites (tertiary alicyclic amines) is 1. The summed E-state index contributed by atoms with van der Waals surface area (Å²) in [5.74, 6) is -0.404. The molecule has 1 aliphatic carbocycles. The number of hydrogen-bond donors (Lipinski definition) is 2. The third-order valence-corrected chi connectivity index (χ3v) is 5.16. The Hall–Kier alpha value is -2.41. The molecule has 0 bridgehead atoms. The molecule has 146 valence electrons. The smallest absolute Gasteiger partial charge is 0.251 e. The van der Waals surface area contributed by atoms with Crippen molar-refractivity contribution in [2.45, 2.75) is 37.8 Å². The average molecular weight is 373 g/mol. The first-order valence-corrected chi connectivity index (χ1v) is 9.51. The van der Waals surface area contributed by atoms with Crippen molar-refractivity contribution >= 4 is 17.7 Å². The number of benzene rings is 1. The Morgan fingerprint density at radius 1 is 1.11 bits per heavy atom. The van der Waals surface area contributed by atoms with Gasteiger partial charge in [-0.2, -0.15) is 0 Å². The first-order valence-electron chi connectivity index (χ1n) is 9.51. The minimum absolute atomic E-state index is 0.00278. The first kappa shape index (κ1) is 19.4. The zero-order valence-electron chi connectivity index (χ0n) is 15.6. The van der Waals surface area contributed by atoms with Crippen LogP contribution in [-0.2, 0) is 14.3 Å². The lowest BCUT2D eigenvalue weighted by Crippen LogP contribution is -2.54. The van der Waals surface area contributed by atoms with Crippen LogP contribution in [0.1, 0.15) is 36.0 Å². The third kappa shape index (κ3) is 5.29. The van der Waals surface area contributed by atoms with Crippen molar-refractivity contribution in [3.63, 3.8) is 0 Å². The Kier molecular flexibility index (Phi) is 6.45. The van der Waals surface area contributed by atoms with Crippen LogP contribution in [0.5, 0.6) is 0 Å². The second-order valence-corrected chi connectivity index (χ2v) is 7.25. The van der Waals surface area contributed by atoms with Crippen LogP contribution < -0.4 is 10.6 Å². The minimum Gasteiger partial charge on any atom is -0.375 e. The molecule has 1 unspecified atom stereocenters. The highest BCUT2D eigenvalue weighted by molar-refractivity contribution is 5.97. The van der Waals surface area contributed by atoms with E-state index in [4.69, 9.17) is 4.74 Å². The zero-order chi connectivity index (χ0) is 19.2. The average Bonchev–Trinajstić information content (AvgIpc) is 3.51. The molecule has 3 rings (SSSR count). The van der Waals surface area contributed by atoms with Gasteiger partial charge in [0.1, 0.15) is 12.6 Å². The fourth-order valence-electron chi connectivity index (χ4n) is 3.43. The van der Waals surface area contributed by atoms with Crippen molar-refractivity contribution in [3.05, 3.63) is 35.9 Å². The lowest BCUT2D eigenvalue weighted by Gasteiger charge is -2.35. The van der Waals surface area contributed by atoms with Crippen LogP contribution in [0, 0.1) is 5.92 Å². The third-order valence-electron chi connectivity index (χ3n) is 5.16. The van der Waals surface area contributed by atoms with Crippen molar-refractivity contribution in [1.29, 1.82) is 0 Å². The molecule has 1 saturated carbocycles. The SMILES string of the molecule is COCC(=O)N1CCC(C(NC(=O)c2ccccc2)C(=O)NC2CC2)CC1. The second kappa shape index (κ2) is 8.99. The van der Waals surface area contributed by atoms with Gasteiger partial charge >= 0.3 is 0 Å². The monoisotopic (exact) mass is 373 g/mol. The summed E-state index contributed by atoms with van der Waals surface area (Å²) in [6.07, 6.45) is 3.34. The van der Waals surface area contributed by atoms with Crippen molar-refractivity contribution in [2.24, 2.45) is 5.92 Å². The van der Waals surface area contributed by atoms with Gasteiger partial charge in [0.15, 0.2) is 0 Å². The molecule has 1 saturated heterocycles. The number of rotatable bonds is 7. The highest BCUT2D eigenvalue weighted by Crippen LogP contribution is 2.24. The van der Waals surface area contributed by atoms with Crippen LogP contribution in [-0.4, -0.2) is 61.5 Å². The molecule has 0 aromatic heterocycles. The molecule has 0 spiro atoms. The van der Waals surface area contributed by atoms with Gasteiger partial charge in [0.2, 0.25) is 11.8 Å². The Bertz CT molecular complexity index is 667. The van der Waals surface area contributed by atoms with Crippen molar-refractivity contribution in [3.8, 4) is 0 Å². The van der Waals surface area contributed by atoms with E-state index < -0.39 is 6.04 Å². The molecule has 0 radical (unpaired) electrons. The summed E-state index contributed by atoms with van der Waals surface area (Å²) in [5, 5.41) is 5.93. The predicted octanol–water partition coefficient (Wildman–Crippen LogP) is 0.949.